The summed E-state index contributed by atoms with van der Waals surface area (Å²) >= 11 is 0. The predicted molar refractivity (Wildman–Crippen MR) is 121 cm³/mol. The van der Waals surface area contributed by atoms with Crippen molar-refractivity contribution in [2.24, 2.45) is 23.7 Å². The number of nitro groups is 1. The maximum absolute atomic E-state index is 13.0. The van der Waals surface area contributed by atoms with Crippen molar-refractivity contribution in [3.63, 3.8) is 0 Å². The van der Waals surface area contributed by atoms with Crippen molar-refractivity contribution in [3.8, 4) is 5.75 Å². The van der Waals surface area contributed by atoms with Gasteiger partial charge in [0.15, 0.2) is 12.4 Å². The Morgan fingerprint density at radius 1 is 1.03 bits per heavy atom. The number of hydrogen-bond donors (Lipinski definition) is 0. The summed E-state index contributed by atoms with van der Waals surface area (Å²) in [6, 6.07) is 9.71. The Morgan fingerprint density at radius 2 is 1.71 bits per heavy atom. The number of hydrogen-bond acceptors (Lipinski definition) is 8. The molecule has 10 nitrogen and oxygen atoms in total. The highest BCUT2D eigenvalue weighted by atomic mass is 16.6. The third kappa shape index (κ3) is 3.74. The number of fused-ring (bicyclic) bond motifs is 5. The maximum atomic E-state index is 13.0. The molecule has 2 amide bonds. The number of ether oxygens (including phenoxy) is 2. The SMILES string of the molecule is COc1ccc(C(=O)COC(=O)c2cccc(N3C(=O)[C@@H]4[C@H]5CC[C@@H](C5)[C@H]4C3=O)c2)cc1[N+](=O)[O-]. The Labute approximate surface area is 200 Å². The molecule has 0 N–H and O–H groups in total. The summed E-state index contributed by atoms with van der Waals surface area (Å²) in [7, 11) is 1.28. The third-order valence-corrected chi connectivity index (χ3v) is 7.30. The van der Waals surface area contributed by atoms with Crippen LogP contribution in [-0.4, -0.2) is 42.2 Å². The number of ketones is 1. The number of esters is 1. The molecule has 180 valence electrons. The van der Waals surface area contributed by atoms with E-state index >= 15 is 0 Å². The van der Waals surface area contributed by atoms with Crippen LogP contribution in [0.2, 0.25) is 0 Å². The van der Waals surface area contributed by atoms with Crippen LogP contribution in [0.1, 0.15) is 40.0 Å². The van der Waals surface area contributed by atoms with Gasteiger partial charge in [-0.15, -0.1) is 0 Å². The Kier molecular flexibility index (Phi) is 5.58. The minimum atomic E-state index is -0.817. The molecule has 3 fully saturated rings. The summed E-state index contributed by atoms with van der Waals surface area (Å²) in [6.45, 7) is -0.637. The number of rotatable bonds is 7. The fourth-order valence-corrected chi connectivity index (χ4v) is 5.74. The van der Waals surface area contributed by atoms with E-state index < -0.39 is 23.3 Å². The van der Waals surface area contributed by atoms with Gasteiger partial charge >= 0.3 is 11.7 Å². The smallest absolute Gasteiger partial charge is 0.338 e. The number of anilines is 1. The highest BCUT2D eigenvalue weighted by Gasteiger charge is 2.61. The van der Waals surface area contributed by atoms with E-state index in [9.17, 15) is 29.3 Å². The molecular weight excluding hydrogens is 456 g/mol. The van der Waals surface area contributed by atoms with E-state index in [0.717, 1.165) is 25.3 Å². The van der Waals surface area contributed by atoms with E-state index in [1.54, 1.807) is 12.1 Å². The van der Waals surface area contributed by atoms with Gasteiger partial charge in [-0.05, 0) is 61.4 Å². The molecular formula is C25H22N2O8. The van der Waals surface area contributed by atoms with Crippen molar-refractivity contribution >= 4 is 34.9 Å². The van der Waals surface area contributed by atoms with Gasteiger partial charge in [0.2, 0.25) is 17.6 Å². The number of nitro benzene ring substituents is 1. The molecule has 1 heterocycles. The van der Waals surface area contributed by atoms with Crippen LogP contribution in [0.15, 0.2) is 42.5 Å². The molecule has 2 aliphatic carbocycles. The molecule has 2 saturated carbocycles. The van der Waals surface area contributed by atoms with Gasteiger partial charge in [-0.1, -0.05) is 6.07 Å². The summed E-state index contributed by atoms with van der Waals surface area (Å²) in [5.74, 6) is -1.92. The average molecular weight is 478 g/mol. The van der Waals surface area contributed by atoms with Crippen molar-refractivity contribution in [2.75, 3.05) is 18.6 Å². The van der Waals surface area contributed by atoms with Gasteiger partial charge in [-0.3, -0.25) is 29.4 Å². The highest BCUT2D eigenvalue weighted by molar-refractivity contribution is 6.22. The number of methoxy groups -OCH3 is 1. The molecule has 10 heteroatoms. The number of carbonyl (C=O) groups is 4. The van der Waals surface area contributed by atoms with Crippen LogP contribution in [0.3, 0.4) is 0 Å². The Bertz CT molecular complexity index is 1240. The van der Waals surface area contributed by atoms with Crippen LogP contribution in [0.5, 0.6) is 5.75 Å². The van der Waals surface area contributed by atoms with Crippen LogP contribution in [0.25, 0.3) is 0 Å². The molecule has 0 radical (unpaired) electrons. The zero-order valence-electron chi connectivity index (χ0n) is 18.8. The second-order valence-corrected chi connectivity index (χ2v) is 9.09. The van der Waals surface area contributed by atoms with E-state index in [2.05, 4.69) is 0 Å². The second kappa shape index (κ2) is 8.61. The molecule has 0 aromatic heterocycles. The first-order valence-corrected chi connectivity index (χ1v) is 11.3. The van der Waals surface area contributed by atoms with E-state index in [0.29, 0.717) is 5.69 Å². The number of benzene rings is 2. The maximum Gasteiger partial charge on any atom is 0.338 e. The van der Waals surface area contributed by atoms with Gasteiger partial charge in [-0.2, -0.15) is 0 Å². The van der Waals surface area contributed by atoms with Gasteiger partial charge < -0.3 is 9.47 Å². The summed E-state index contributed by atoms with van der Waals surface area (Å²) in [5.41, 5.74) is 0.000934. The first kappa shape index (κ1) is 22.7. The topological polar surface area (TPSA) is 133 Å². The largest absolute Gasteiger partial charge is 0.490 e. The number of imide groups is 1. The molecule has 2 aromatic rings. The van der Waals surface area contributed by atoms with Gasteiger partial charge in [0.1, 0.15) is 0 Å². The first-order chi connectivity index (χ1) is 16.8. The Balaban J connectivity index is 1.28. The van der Waals surface area contributed by atoms with Crippen LogP contribution in [0.4, 0.5) is 11.4 Å². The van der Waals surface area contributed by atoms with Crippen molar-refractivity contribution in [1.82, 2.24) is 0 Å². The van der Waals surface area contributed by atoms with Gasteiger partial charge in [0.05, 0.1) is 35.1 Å². The number of Topliss-reactive ketones (excluding diaryl/α,β-unsaturated/α-hetero) is 1. The molecule has 3 aliphatic rings. The minimum absolute atomic E-state index is 0.00325. The molecule has 2 bridgehead atoms. The van der Waals surface area contributed by atoms with Crippen LogP contribution >= 0.6 is 0 Å². The lowest BCUT2D eigenvalue weighted by molar-refractivity contribution is -0.385. The monoisotopic (exact) mass is 478 g/mol. The Morgan fingerprint density at radius 3 is 2.34 bits per heavy atom. The Hall–Kier alpha value is -4.08. The summed E-state index contributed by atoms with van der Waals surface area (Å²) in [4.78, 5) is 62.8. The fourth-order valence-electron chi connectivity index (χ4n) is 5.74. The van der Waals surface area contributed by atoms with E-state index in [1.165, 1.54) is 36.3 Å². The minimum Gasteiger partial charge on any atom is -0.490 e. The zero-order valence-corrected chi connectivity index (χ0v) is 18.8. The normalized spacial score (nSPS) is 24.4. The predicted octanol–water partition coefficient (Wildman–Crippen LogP) is 3.18. The second-order valence-electron chi connectivity index (χ2n) is 9.09. The molecule has 4 atom stereocenters. The van der Waals surface area contributed by atoms with Crippen molar-refractivity contribution < 1.29 is 33.6 Å². The van der Waals surface area contributed by atoms with Crippen molar-refractivity contribution in [1.29, 1.82) is 0 Å². The summed E-state index contributed by atoms with van der Waals surface area (Å²) in [5, 5.41) is 11.2. The number of amides is 2. The summed E-state index contributed by atoms with van der Waals surface area (Å²) in [6.07, 6.45) is 2.87. The van der Waals surface area contributed by atoms with Gasteiger partial charge in [0.25, 0.3) is 0 Å². The average Bonchev–Trinajstić information content (AvgIpc) is 3.55. The molecule has 35 heavy (non-hydrogen) atoms. The van der Waals surface area contributed by atoms with Crippen LogP contribution in [0, 0.1) is 33.8 Å². The standard InChI is InChI=1S/C25H22N2O8/c1-34-20-8-7-13(11-18(20)27(32)33)19(28)12-35-25(31)16-3-2-4-17(10-16)26-23(29)21-14-5-6-15(9-14)22(21)24(26)30/h2-4,7-8,10-11,14-15,21-22H,5-6,9,12H2,1H3/t14-,15-,21+,22+/m0/s1. The molecule has 0 unspecified atom stereocenters. The number of nitrogens with zero attached hydrogens (tertiary/aromatic N) is 2. The molecule has 5 rings (SSSR count). The van der Waals surface area contributed by atoms with Gasteiger partial charge in [-0.25, -0.2) is 4.79 Å². The first-order valence-electron chi connectivity index (χ1n) is 11.3. The zero-order chi connectivity index (χ0) is 24.9. The van der Waals surface area contributed by atoms with Crippen molar-refractivity contribution in [3.05, 3.63) is 63.7 Å². The van der Waals surface area contributed by atoms with E-state index in [1.807, 2.05) is 0 Å². The van der Waals surface area contributed by atoms with Crippen LogP contribution < -0.4 is 9.64 Å². The number of carbonyl (C=O) groups excluding carboxylic acids is 4. The summed E-state index contributed by atoms with van der Waals surface area (Å²) < 4.78 is 10.0. The molecule has 1 aliphatic heterocycles. The quantitative estimate of drug-likeness (QED) is 0.195. The van der Waals surface area contributed by atoms with E-state index in [4.69, 9.17) is 9.47 Å². The lowest BCUT2D eigenvalue weighted by Gasteiger charge is -2.19. The van der Waals surface area contributed by atoms with Crippen molar-refractivity contribution in [2.45, 2.75) is 19.3 Å². The lowest BCUT2D eigenvalue weighted by Crippen LogP contribution is -2.32. The third-order valence-electron chi connectivity index (χ3n) is 7.30. The molecule has 2 aromatic carbocycles. The van der Waals surface area contributed by atoms with Crippen LogP contribution in [-0.2, 0) is 14.3 Å². The molecule has 0 spiro atoms. The fraction of sp³-hybridized carbons (Fsp3) is 0.360. The lowest BCUT2D eigenvalue weighted by atomic mass is 9.81. The van der Waals surface area contributed by atoms with Gasteiger partial charge in [0, 0.05) is 11.6 Å². The highest BCUT2D eigenvalue weighted by Crippen LogP contribution is 2.56. The van der Waals surface area contributed by atoms with E-state index in [-0.39, 0.29) is 58.0 Å². The molecule has 1 saturated heterocycles.